The lowest BCUT2D eigenvalue weighted by molar-refractivity contribution is -0.0500. The predicted molar refractivity (Wildman–Crippen MR) is 116 cm³/mol. The van der Waals surface area contributed by atoms with Crippen LogP contribution in [0.3, 0.4) is 0 Å². The molecule has 0 saturated heterocycles. The zero-order valence-electron chi connectivity index (χ0n) is 17.6. The summed E-state index contributed by atoms with van der Waals surface area (Å²) >= 11 is 0. The molecule has 0 radical (unpaired) electrons. The van der Waals surface area contributed by atoms with Crippen molar-refractivity contribution in [2.45, 2.75) is 18.3 Å². The van der Waals surface area contributed by atoms with Gasteiger partial charge in [-0.2, -0.15) is 21.6 Å². The Balaban J connectivity index is 1.92. The molecule has 0 aromatic heterocycles. The molecule has 4 rings (SSSR count). The van der Waals surface area contributed by atoms with E-state index < -0.39 is 38.6 Å². The monoisotopic (exact) mass is 496 g/mol. The maximum absolute atomic E-state index is 15.2. The zero-order chi connectivity index (χ0) is 24.7. The van der Waals surface area contributed by atoms with E-state index in [4.69, 9.17) is 4.74 Å². The fourth-order valence-electron chi connectivity index (χ4n) is 3.92. The van der Waals surface area contributed by atoms with E-state index in [1.807, 2.05) is 0 Å². The number of hydrogen-bond donors (Lipinski definition) is 0. The Labute approximate surface area is 192 Å². The van der Waals surface area contributed by atoms with Crippen LogP contribution in [-0.2, 0) is 16.5 Å². The Bertz CT molecular complexity index is 1360. The van der Waals surface area contributed by atoms with E-state index in [2.05, 4.69) is 4.18 Å². The Morgan fingerprint density at radius 2 is 1.50 bits per heavy atom. The summed E-state index contributed by atoms with van der Waals surface area (Å²) in [5, 5.41) is 0. The number of benzene rings is 3. The van der Waals surface area contributed by atoms with Crippen molar-refractivity contribution in [2.75, 3.05) is 7.11 Å². The summed E-state index contributed by atoms with van der Waals surface area (Å²) in [6.07, 6.45) is 0.994. The van der Waals surface area contributed by atoms with Crippen molar-refractivity contribution in [2.24, 2.45) is 0 Å². The molecule has 1 aliphatic rings. The highest BCUT2D eigenvalue weighted by Gasteiger charge is 2.48. The van der Waals surface area contributed by atoms with Gasteiger partial charge in [-0.1, -0.05) is 36.4 Å². The standard InChI is InChI=1S/C24H17F5O4S/c1-32-16-8-10-19-15(11-16)7-9-18(14-5-3-2-4-6-14)22(19)23-20(25)12-17(13-21(23)26)33-34(30,31)24(27,28)29/h2-6,8,10-13H,7,9H2,1H3. The summed E-state index contributed by atoms with van der Waals surface area (Å²) in [7, 11) is -4.60. The lowest BCUT2D eigenvalue weighted by Crippen LogP contribution is -2.28. The number of fused-ring (bicyclic) bond motifs is 1. The second-order valence-electron chi connectivity index (χ2n) is 7.49. The van der Waals surface area contributed by atoms with Crippen LogP contribution in [0.4, 0.5) is 22.0 Å². The summed E-state index contributed by atoms with van der Waals surface area (Å²) < 4.78 is 100. The Hall–Kier alpha value is -3.40. The number of methoxy groups -OCH3 is 1. The van der Waals surface area contributed by atoms with Gasteiger partial charge in [0.1, 0.15) is 23.1 Å². The molecular formula is C24H17F5O4S. The number of aryl methyl sites for hydroxylation is 1. The SMILES string of the molecule is COc1ccc2c(c1)CCC(c1ccccc1)=C2c1c(F)cc(OS(=O)(=O)C(F)(F)F)cc1F. The van der Waals surface area contributed by atoms with Crippen molar-refractivity contribution in [1.29, 1.82) is 0 Å². The minimum absolute atomic E-state index is 0.218. The van der Waals surface area contributed by atoms with E-state index in [0.717, 1.165) is 11.1 Å². The second-order valence-corrected chi connectivity index (χ2v) is 9.03. The van der Waals surface area contributed by atoms with Gasteiger partial charge in [-0.25, -0.2) is 8.78 Å². The van der Waals surface area contributed by atoms with Gasteiger partial charge in [0.25, 0.3) is 0 Å². The molecule has 0 fully saturated rings. The third-order valence-electron chi connectivity index (χ3n) is 5.41. The molecule has 0 unspecified atom stereocenters. The first-order valence-electron chi connectivity index (χ1n) is 9.98. The number of alkyl halides is 3. The van der Waals surface area contributed by atoms with Crippen molar-refractivity contribution in [3.05, 3.63) is 94.6 Å². The quantitative estimate of drug-likeness (QED) is 0.243. The van der Waals surface area contributed by atoms with E-state index in [0.29, 0.717) is 41.9 Å². The molecule has 4 nitrogen and oxygen atoms in total. The van der Waals surface area contributed by atoms with Gasteiger partial charge >= 0.3 is 15.6 Å². The normalized spacial score (nSPS) is 14.1. The first-order valence-corrected chi connectivity index (χ1v) is 11.4. The maximum Gasteiger partial charge on any atom is 0.534 e. The van der Waals surface area contributed by atoms with Gasteiger partial charge in [-0.3, -0.25) is 0 Å². The highest BCUT2D eigenvalue weighted by atomic mass is 32.2. The van der Waals surface area contributed by atoms with Crippen molar-refractivity contribution >= 4 is 21.3 Å². The molecule has 0 aliphatic heterocycles. The average molecular weight is 496 g/mol. The van der Waals surface area contributed by atoms with Crippen molar-refractivity contribution < 1.29 is 39.3 Å². The Morgan fingerprint density at radius 3 is 2.09 bits per heavy atom. The van der Waals surface area contributed by atoms with Crippen LogP contribution in [0.2, 0.25) is 0 Å². The van der Waals surface area contributed by atoms with Crippen LogP contribution in [-0.4, -0.2) is 21.0 Å². The number of halogens is 5. The molecular weight excluding hydrogens is 479 g/mol. The van der Waals surface area contributed by atoms with E-state index in [-0.39, 0.29) is 5.57 Å². The molecule has 0 amide bonds. The third kappa shape index (κ3) is 4.37. The summed E-state index contributed by atoms with van der Waals surface area (Å²) in [6.45, 7) is 0. The molecule has 34 heavy (non-hydrogen) atoms. The number of allylic oxidation sites excluding steroid dienone is 1. The van der Waals surface area contributed by atoms with Crippen molar-refractivity contribution in [3.63, 3.8) is 0 Å². The predicted octanol–water partition coefficient (Wildman–Crippen LogP) is 6.11. The lowest BCUT2D eigenvalue weighted by atomic mass is 9.79. The average Bonchev–Trinajstić information content (AvgIpc) is 2.77. The third-order valence-corrected chi connectivity index (χ3v) is 6.38. The van der Waals surface area contributed by atoms with Crippen LogP contribution in [0.1, 0.15) is 28.7 Å². The summed E-state index contributed by atoms with van der Waals surface area (Å²) in [5.41, 5.74) is -3.38. The molecule has 178 valence electrons. The first kappa shape index (κ1) is 23.7. The molecule has 0 heterocycles. The smallest absolute Gasteiger partial charge is 0.497 e. The molecule has 3 aromatic rings. The van der Waals surface area contributed by atoms with Gasteiger partial charge in [0.05, 0.1) is 12.7 Å². The van der Waals surface area contributed by atoms with Crippen molar-refractivity contribution in [1.82, 2.24) is 0 Å². The summed E-state index contributed by atoms with van der Waals surface area (Å²) in [5.74, 6) is -3.09. The molecule has 10 heteroatoms. The number of hydrogen-bond acceptors (Lipinski definition) is 4. The van der Waals surface area contributed by atoms with Crippen LogP contribution in [0.25, 0.3) is 11.1 Å². The van der Waals surface area contributed by atoms with Gasteiger partial charge < -0.3 is 8.92 Å². The molecule has 0 atom stereocenters. The molecule has 0 bridgehead atoms. The highest BCUT2D eigenvalue weighted by molar-refractivity contribution is 7.88. The van der Waals surface area contributed by atoms with Crippen LogP contribution in [0, 0.1) is 11.6 Å². The Morgan fingerprint density at radius 1 is 0.853 bits per heavy atom. The number of rotatable bonds is 5. The van der Waals surface area contributed by atoms with Gasteiger partial charge in [-0.05, 0) is 52.8 Å². The van der Waals surface area contributed by atoms with Crippen LogP contribution in [0.5, 0.6) is 11.5 Å². The molecule has 0 N–H and O–H groups in total. The van der Waals surface area contributed by atoms with Crippen LogP contribution < -0.4 is 8.92 Å². The number of ether oxygens (including phenoxy) is 1. The van der Waals surface area contributed by atoms with Crippen LogP contribution in [0.15, 0.2) is 60.7 Å². The Kier molecular flexibility index (Phi) is 6.11. The van der Waals surface area contributed by atoms with E-state index in [9.17, 15) is 21.6 Å². The molecule has 0 spiro atoms. The van der Waals surface area contributed by atoms with E-state index in [1.165, 1.54) is 7.11 Å². The van der Waals surface area contributed by atoms with Gasteiger partial charge in [-0.15, -0.1) is 0 Å². The fraction of sp³-hybridized carbons (Fsp3) is 0.167. The topological polar surface area (TPSA) is 52.6 Å². The van der Waals surface area contributed by atoms with Crippen molar-refractivity contribution in [3.8, 4) is 11.5 Å². The minimum Gasteiger partial charge on any atom is -0.497 e. The second kappa shape index (κ2) is 8.75. The van der Waals surface area contributed by atoms with Crippen LogP contribution >= 0.6 is 0 Å². The van der Waals surface area contributed by atoms with Gasteiger partial charge in [0.15, 0.2) is 0 Å². The highest BCUT2D eigenvalue weighted by Crippen LogP contribution is 2.44. The summed E-state index contributed by atoms with van der Waals surface area (Å²) in [4.78, 5) is 0. The largest absolute Gasteiger partial charge is 0.534 e. The lowest BCUT2D eigenvalue weighted by Gasteiger charge is -2.25. The summed E-state index contributed by atoms with van der Waals surface area (Å²) in [6, 6.07) is 14.8. The molecule has 1 aliphatic carbocycles. The first-order chi connectivity index (χ1) is 16.0. The molecule has 3 aromatic carbocycles. The maximum atomic E-state index is 15.2. The van der Waals surface area contributed by atoms with Gasteiger partial charge in [0, 0.05) is 12.1 Å². The van der Waals surface area contributed by atoms with E-state index >= 15 is 8.78 Å². The van der Waals surface area contributed by atoms with E-state index in [1.54, 1.807) is 48.5 Å². The van der Waals surface area contributed by atoms with Gasteiger partial charge in [0.2, 0.25) is 0 Å². The minimum atomic E-state index is -6.09. The fourth-order valence-corrected chi connectivity index (χ4v) is 4.36. The molecule has 0 saturated carbocycles. The zero-order valence-corrected chi connectivity index (χ0v) is 18.4.